The number of benzene rings is 3. The van der Waals surface area contributed by atoms with Gasteiger partial charge in [-0.3, -0.25) is 14.4 Å². The van der Waals surface area contributed by atoms with Crippen LogP contribution in [0.4, 0.5) is 15.8 Å². The van der Waals surface area contributed by atoms with Gasteiger partial charge in [-0.05, 0) is 60.0 Å². The Bertz CT molecular complexity index is 1320. The van der Waals surface area contributed by atoms with Gasteiger partial charge in [0.15, 0.2) is 0 Å². The third-order valence-electron chi connectivity index (χ3n) is 6.13. The van der Waals surface area contributed by atoms with Crippen molar-refractivity contribution in [3.8, 4) is 0 Å². The lowest BCUT2D eigenvalue weighted by atomic mass is 10.1. The second kappa shape index (κ2) is 9.50. The largest absolute Gasteiger partial charge is 0.321 e. The minimum Gasteiger partial charge on any atom is -0.321 e. The van der Waals surface area contributed by atoms with Crippen LogP contribution in [0.15, 0.2) is 77.9 Å². The number of hydrogen-bond acceptors (Lipinski definition) is 4. The van der Waals surface area contributed by atoms with Crippen LogP contribution in [-0.2, 0) is 22.6 Å². The van der Waals surface area contributed by atoms with Gasteiger partial charge in [-0.15, -0.1) is 0 Å². The average Bonchev–Trinajstić information content (AvgIpc) is 3.31. The first-order valence-electron chi connectivity index (χ1n) is 11.4. The molecule has 0 radical (unpaired) electrons. The number of fused-ring (bicyclic) bond motifs is 1. The summed E-state index contributed by atoms with van der Waals surface area (Å²) in [5.74, 6) is -1.05. The number of hydrazone groups is 1. The molecule has 3 amide bonds. The highest BCUT2D eigenvalue weighted by Gasteiger charge is 2.26. The first kappa shape index (κ1) is 22.5. The fraction of sp³-hybridized carbons (Fsp3) is 0.185. The Morgan fingerprint density at radius 3 is 2.43 bits per heavy atom. The van der Waals surface area contributed by atoms with Gasteiger partial charge in [0, 0.05) is 36.3 Å². The predicted molar refractivity (Wildman–Crippen MR) is 131 cm³/mol. The summed E-state index contributed by atoms with van der Waals surface area (Å²) < 4.78 is 13.1. The highest BCUT2D eigenvalue weighted by atomic mass is 19.1. The van der Waals surface area contributed by atoms with Gasteiger partial charge in [-0.25, -0.2) is 9.40 Å². The molecule has 0 bridgehead atoms. The molecule has 0 fully saturated rings. The molecule has 35 heavy (non-hydrogen) atoms. The highest BCUT2D eigenvalue weighted by molar-refractivity contribution is 6.43. The second-order valence-corrected chi connectivity index (χ2v) is 8.49. The number of carbonyl (C=O) groups excluding carboxylic acids is 3. The van der Waals surface area contributed by atoms with E-state index < -0.39 is 5.91 Å². The van der Waals surface area contributed by atoms with E-state index in [-0.39, 0.29) is 42.7 Å². The summed E-state index contributed by atoms with van der Waals surface area (Å²) in [5.41, 5.74) is 4.10. The molecule has 5 rings (SSSR count). The quantitative estimate of drug-likeness (QED) is 0.608. The molecule has 3 aromatic carbocycles. The average molecular weight is 471 g/mol. The smallest absolute Gasteiger partial charge is 0.271 e. The molecular formula is C27H23FN4O3. The van der Waals surface area contributed by atoms with Crippen LogP contribution in [-0.4, -0.2) is 35.0 Å². The summed E-state index contributed by atoms with van der Waals surface area (Å²) in [4.78, 5) is 39.8. The van der Waals surface area contributed by atoms with E-state index in [0.717, 1.165) is 17.7 Å². The monoisotopic (exact) mass is 470 g/mol. The minimum absolute atomic E-state index is 0.0839. The van der Waals surface area contributed by atoms with Crippen molar-refractivity contribution in [1.82, 2.24) is 5.01 Å². The molecule has 0 unspecified atom stereocenters. The van der Waals surface area contributed by atoms with E-state index in [1.54, 1.807) is 41.3 Å². The Balaban J connectivity index is 1.24. The fourth-order valence-corrected chi connectivity index (χ4v) is 4.26. The van der Waals surface area contributed by atoms with E-state index in [9.17, 15) is 18.8 Å². The van der Waals surface area contributed by atoms with Crippen molar-refractivity contribution < 1.29 is 18.8 Å². The molecule has 8 heteroatoms. The molecule has 7 nitrogen and oxygen atoms in total. The molecule has 0 saturated carbocycles. The number of nitrogens with one attached hydrogen (secondary N) is 1. The van der Waals surface area contributed by atoms with Crippen molar-refractivity contribution >= 4 is 34.8 Å². The number of halogens is 1. The highest BCUT2D eigenvalue weighted by Crippen LogP contribution is 2.29. The first-order chi connectivity index (χ1) is 17.0. The zero-order valence-electron chi connectivity index (χ0n) is 18.9. The topological polar surface area (TPSA) is 82.1 Å². The van der Waals surface area contributed by atoms with Crippen LogP contribution in [0, 0.1) is 5.82 Å². The minimum atomic E-state index is -0.408. The number of anilines is 2. The van der Waals surface area contributed by atoms with E-state index in [1.807, 2.05) is 24.3 Å². The third-order valence-corrected chi connectivity index (χ3v) is 6.13. The van der Waals surface area contributed by atoms with E-state index in [4.69, 9.17) is 0 Å². The number of amides is 3. The summed E-state index contributed by atoms with van der Waals surface area (Å²) >= 11 is 0. The van der Waals surface area contributed by atoms with Gasteiger partial charge in [0.1, 0.15) is 11.5 Å². The van der Waals surface area contributed by atoms with E-state index in [1.165, 1.54) is 17.1 Å². The lowest BCUT2D eigenvalue weighted by Crippen LogP contribution is -2.36. The second-order valence-electron chi connectivity index (χ2n) is 8.49. The SMILES string of the molecule is O=C(Nc1ccc(C(=O)N2CCc3ccccc32)cc1)C1=NN(Cc2ccc(F)cc2)C(=O)CC1. The summed E-state index contributed by atoms with van der Waals surface area (Å²) in [6.45, 7) is 0.802. The maximum absolute atomic E-state index is 13.1. The molecule has 0 aliphatic carbocycles. The van der Waals surface area contributed by atoms with Crippen LogP contribution in [0.3, 0.4) is 0 Å². The number of carbonyl (C=O) groups is 3. The maximum Gasteiger partial charge on any atom is 0.271 e. The summed E-state index contributed by atoms with van der Waals surface area (Å²) in [6.07, 6.45) is 1.23. The lowest BCUT2D eigenvalue weighted by Gasteiger charge is -2.23. The maximum atomic E-state index is 13.1. The molecule has 2 aliphatic rings. The van der Waals surface area contributed by atoms with Crippen LogP contribution < -0.4 is 10.2 Å². The number of nitrogens with zero attached hydrogens (tertiary/aromatic N) is 3. The van der Waals surface area contributed by atoms with Crippen molar-refractivity contribution in [3.05, 3.63) is 95.3 Å². The van der Waals surface area contributed by atoms with E-state index in [0.29, 0.717) is 23.4 Å². The first-order valence-corrected chi connectivity index (χ1v) is 11.4. The standard InChI is InChI=1S/C27H23FN4O3/c28-21-9-5-18(6-10-21)17-32-25(33)14-13-23(30-32)26(34)29-22-11-7-20(8-12-22)27(35)31-16-15-19-3-1-2-4-24(19)31/h1-12H,13-17H2,(H,29,34). The third kappa shape index (κ3) is 4.82. The molecule has 0 atom stereocenters. The van der Waals surface area contributed by atoms with Gasteiger partial charge >= 0.3 is 0 Å². The Morgan fingerprint density at radius 1 is 0.914 bits per heavy atom. The summed E-state index contributed by atoms with van der Waals surface area (Å²) in [6, 6.07) is 20.4. The lowest BCUT2D eigenvalue weighted by molar-refractivity contribution is -0.132. The van der Waals surface area contributed by atoms with Crippen LogP contribution in [0.1, 0.15) is 34.3 Å². The van der Waals surface area contributed by atoms with Crippen LogP contribution >= 0.6 is 0 Å². The Labute approximate surface area is 201 Å². The fourth-order valence-electron chi connectivity index (χ4n) is 4.26. The van der Waals surface area contributed by atoms with Gasteiger partial charge < -0.3 is 10.2 Å². The molecule has 0 saturated heterocycles. The van der Waals surface area contributed by atoms with Crippen molar-refractivity contribution in [2.75, 3.05) is 16.8 Å². The zero-order valence-corrected chi connectivity index (χ0v) is 18.9. The molecular weight excluding hydrogens is 447 g/mol. The Morgan fingerprint density at radius 2 is 1.66 bits per heavy atom. The molecule has 1 N–H and O–H groups in total. The molecule has 2 heterocycles. The number of para-hydroxylation sites is 1. The normalized spacial score (nSPS) is 15.0. The summed E-state index contributed by atoms with van der Waals surface area (Å²) in [7, 11) is 0. The molecule has 2 aliphatic heterocycles. The van der Waals surface area contributed by atoms with Crippen LogP contribution in [0.2, 0.25) is 0 Å². The number of hydrogen-bond donors (Lipinski definition) is 1. The van der Waals surface area contributed by atoms with Gasteiger partial charge in [0.2, 0.25) is 5.91 Å². The Kier molecular flexibility index (Phi) is 6.10. The zero-order chi connectivity index (χ0) is 24.4. The van der Waals surface area contributed by atoms with Crippen LogP contribution in [0.25, 0.3) is 0 Å². The van der Waals surface area contributed by atoms with Gasteiger partial charge in [-0.1, -0.05) is 30.3 Å². The molecule has 176 valence electrons. The van der Waals surface area contributed by atoms with E-state index in [2.05, 4.69) is 10.4 Å². The van der Waals surface area contributed by atoms with E-state index >= 15 is 0 Å². The van der Waals surface area contributed by atoms with Gasteiger partial charge in [0.25, 0.3) is 11.8 Å². The molecule has 0 aromatic heterocycles. The van der Waals surface area contributed by atoms with Gasteiger partial charge in [0.05, 0.1) is 6.54 Å². The van der Waals surface area contributed by atoms with Crippen molar-refractivity contribution in [2.45, 2.75) is 25.8 Å². The van der Waals surface area contributed by atoms with Gasteiger partial charge in [-0.2, -0.15) is 5.10 Å². The van der Waals surface area contributed by atoms with Crippen LogP contribution in [0.5, 0.6) is 0 Å². The van der Waals surface area contributed by atoms with Crippen molar-refractivity contribution in [2.24, 2.45) is 5.10 Å². The Hall–Kier alpha value is -4.33. The van der Waals surface area contributed by atoms with Crippen molar-refractivity contribution in [1.29, 1.82) is 0 Å². The molecule has 0 spiro atoms. The molecule has 3 aromatic rings. The van der Waals surface area contributed by atoms with Crippen molar-refractivity contribution in [3.63, 3.8) is 0 Å². The number of rotatable bonds is 5. The predicted octanol–water partition coefficient (Wildman–Crippen LogP) is 4.15. The summed E-state index contributed by atoms with van der Waals surface area (Å²) in [5, 5.41) is 8.25.